The smallest absolute Gasteiger partial charge is 0.265 e. The summed E-state index contributed by atoms with van der Waals surface area (Å²) in [4.78, 5) is 24.0. The van der Waals surface area contributed by atoms with E-state index in [9.17, 15) is 4.79 Å². The van der Waals surface area contributed by atoms with E-state index in [1.54, 1.807) is 0 Å². The van der Waals surface area contributed by atoms with Gasteiger partial charge in [-0.3, -0.25) is 9.69 Å². The Bertz CT molecular complexity index is 632. The third kappa shape index (κ3) is 4.13. The van der Waals surface area contributed by atoms with Crippen LogP contribution in [-0.2, 0) is 4.79 Å². The normalized spacial score (nSPS) is 25.9. The van der Waals surface area contributed by atoms with E-state index in [1.165, 1.54) is 32.1 Å². The van der Waals surface area contributed by atoms with Crippen LogP contribution in [0.1, 0.15) is 63.2 Å². The summed E-state index contributed by atoms with van der Waals surface area (Å²) in [6.07, 6.45) is 9.62. The van der Waals surface area contributed by atoms with Gasteiger partial charge >= 0.3 is 0 Å². The van der Waals surface area contributed by atoms with Gasteiger partial charge < -0.3 is 14.3 Å². The van der Waals surface area contributed by atoms with Gasteiger partial charge in [-0.05, 0) is 43.8 Å². The minimum atomic E-state index is 0.201. The van der Waals surface area contributed by atoms with Gasteiger partial charge in [0.05, 0.1) is 5.92 Å². The number of hydrogen-bond donors (Lipinski definition) is 0. The lowest BCUT2D eigenvalue weighted by atomic mass is 9.94. The molecule has 4 rings (SSSR count). The van der Waals surface area contributed by atoms with Crippen molar-refractivity contribution in [3.8, 4) is 0 Å². The first-order valence-electron chi connectivity index (χ1n) is 10.7. The summed E-state index contributed by atoms with van der Waals surface area (Å²) in [5, 5.41) is 4.01. The largest absolute Gasteiger partial charge is 0.344 e. The first kappa shape index (κ1) is 18.7. The molecule has 1 aromatic rings. The molecule has 1 aromatic heterocycles. The summed E-state index contributed by atoms with van der Waals surface area (Å²) in [5.74, 6) is 2.18. The maximum Gasteiger partial charge on any atom is 0.265 e. The van der Waals surface area contributed by atoms with Crippen molar-refractivity contribution in [3.05, 3.63) is 5.89 Å². The Kier molecular flexibility index (Phi) is 5.66. The van der Waals surface area contributed by atoms with E-state index in [1.807, 2.05) is 19.0 Å². The maximum atomic E-state index is 13.0. The molecule has 150 valence electrons. The minimum absolute atomic E-state index is 0.201. The van der Waals surface area contributed by atoms with Crippen molar-refractivity contribution in [1.82, 2.24) is 19.9 Å². The molecule has 0 N–H and O–H groups in total. The molecular weight excluding hydrogens is 342 g/mol. The second kappa shape index (κ2) is 8.17. The highest BCUT2D eigenvalue weighted by Gasteiger charge is 2.36. The monoisotopic (exact) mass is 375 g/mol. The number of amides is 1. The van der Waals surface area contributed by atoms with Crippen molar-refractivity contribution in [3.63, 3.8) is 0 Å². The third-order valence-electron chi connectivity index (χ3n) is 6.65. The predicted octanol–water partition coefficient (Wildman–Crippen LogP) is 2.50. The van der Waals surface area contributed by atoms with Crippen LogP contribution in [0.15, 0.2) is 4.52 Å². The number of aromatic nitrogens is 2. The number of nitrogens with zero attached hydrogens (tertiary/aromatic N) is 5. The average Bonchev–Trinajstić information content (AvgIpc) is 3.38. The van der Waals surface area contributed by atoms with Gasteiger partial charge in [0.2, 0.25) is 11.8 Å². The summed E-state index contributed by atoms with van der Waals surface area (Å²) < 4.78 is 5.43. The van der Waals surface area contributed by atoms with E-state index in [-0.39, 0.29) is 11.8 Å². The van der Waals surface area contributed by atoms with Gasteiger partial charge in [0.25, 0.3) is 5.95 Å². The zero-order chi connectivity index (χ0) is 18.8. The molecule has 0 spiro atoms. The molecule has 0 bridgehead atoms. The Morgan fingerprint density at radius 1 is 1.04 bits per heavy atom. The summed E-state index contributed by atoms with van der Waals surface area (Å²) in [5.41, 5.74) is 0. The van der Waals surface area contributed by atoms with Crippen LogP contribution in [-0.4, -0.2) is 72.2 Å². The molecule has 1 saturated carbocycles. The topological polar surface area (TPSA) is 65.7 Å². The van der Waals surface area contributed by atoms with Crippen molar-refractivity contribution in [2.75, 3.05) is 45.2 Å². The van der Waals surface area contributed by atoms with Crippen LogP contribution in [0.2, 0.25) is 0 Å². The molecule has 0 aromatic carbocycles. The number of anilines is 1. The van der Waals surface area contributed by atoms with Crippen molar-refractivity contribution in [1.29, 1.82) is 0 Å². The van der Waals surface area contributed by atoms with E-state index < -0.39 is 0 Å². The Balaban J connectivity index is 1.27. The van der Waals surface area contributed by atoms with Crippen LogP contribution in [0.5, 0.6) is 0 Å². The lowest BCUT2D eigenvalue weighted by Gasteiger charge is -2.33. The molecule has 1 aliphatic carbocycles. The molecule has 3 aliphatic rings. The number of carbonyl (C=O) groups excluding carboxylic acids is 1. The van der Waals surface area contributed by atoms with Crippen LogP contribution >= 0.6 is 0 Å². The quantitative estimate of drug-likeness (QED) is 0.806. The lowest BCUT2D eigenvalue weighted by Crippen LogP contribution is -2.43. The van der Waals surface area contributed by atoms with Gasteiger partial charge in [0, 0.05) is 45.7 Å². The van der Waals surface area contributed by atoms with E-state index in [4.69, 9.17) is 4.52 Å². The van der Waals surface area contributed by atoms with Gasteiger partial charge in [-0.25, -0.2) is 0 Å². The molecule has 1 atom stereocenters. The Morgan fingerprint density at radius 3 is 2.44 bits per heavy atom. The van der Waals surface area contributed by atoms with E-state index in [2.05, 4.69) is 19.9 Å². The Morgan fingerprint density at radius 2 is 1.78 bits per heavy atom. The molecule has 2 aliphatic heterocycles. The second-order valence-electron chi connectivity index (χ2n) is 8.70. The number of piperidine rings is 1. The standard InChI is InChI=1S/C20H33N5O2/c1-23(2)20-21-18(27-22-20)15-8-11-24(12-9-15)19(26)16-10-13-25(14-16)17-6-4-3-5-7-17/h15-17H,3-14H2,1-2H3. The molecule has 2 saturated heterocycles. The zero-order valence-electron chi connectivity index (χ0n) is 16.8. The zero-order valence-corrected chi connectivity index (χ0v) is 16.8. The Labute approximate surface area is 162 Å². The predicted molar refractivity (Wildman–Crippen MR) is 104 cm³/mol. The first-order chi connectivity index (χ1) is 13.1. The molecule has 27 heavy (non-hydrogen) atoms. The fourth-order valence-corrected chi connectivity index (χ4v) is 4.95. The van der Waals surface area contributed by atoms with Crippen molar-refractivity contribution in [2.45, 2.75) is 63.3 Å². The molecule has 7 nitrogen and oxygen atoms in total. The SMILES string of the molecule is CN(C)c1noc(C2CCN(C(=O)C3CCN(C4CCCCC4)C3)CC2)n1. The summed E-state index contributed by atoms with van der Waals surface area (Å²) in [6, 6.07) is 0.728. The lowest BCUT2D eigenvalue weighted by molar-refractivity contribution is -0.136. The molecule has 3 heterocycles. The van der Waals surface area contributed by atoms with Crippen LogP contribution in [0.25, 0.3) is 0 Å². The van der Waals surface area contributed by atoms with Crippen LogP contribution < -0.4 is 4.90 Å². The van der Waals surface area contributed by atoms with Crippen molar-refractivity contribution < 1.29 is 9.32 Å². The van der Waals surface area contributed by atoms with E-state index in [0.717, 1.165) is 57.4 Å². The van der Waals surface area contributed by atoms with Crippen LogP contribution in [0, 0.1) is 5.92 Å². The summed E-state index contributed by atoms with van der Waals surface area (Å²) in [7, 11) is 3.82. The maximum absolute atomic E-state index is 13.0. The molecule has 1 unspecified atom stereocenters. The van der Waals surface area contributed by atoms with E-state index >= 15 is 0 Å². The van der Waals surface area contributed by atoms with Gasteiger partial charge in [-0.15, -0.1) is 0 Å². The minimum Gasteiger partial charge on any atom is -0.344 e. The number of carbonyl (C=O) groups is 1. The Hall–Kier alpha value is -1.63. The molecule has 0 radical (unpaired) electrons. The fourth-order valence-electron chi connectivity index (χ4n) is 4.95. The van der Waals surface area contributed by atoms with Gasteiger partial charge in [-0.2, -0.15) is 4.98 Å². The number of likely N-dealkylation sites (tertiary alicyclic amines) is 2. The second-order valence-corrected chi connectivity index (χ2v) is 8.70. The highest BCUT2D eigenvalue weighted by molar-refractivity contribution is 5.79. The van der Waals surface area contributed by atoms with Crippen molar-refractivity contribution >= 4 is 11.9 Å². The molecule has 1 amide bonds. The molecule has 3 fully saturated rings. The first-order valence-corrected chi connectivity index (χ1v) is 10.7. The fraction of sp³-hybridized carbons (Fsp3) is 0.850. The van der Waals surface area contributed by atoms with Gasteiger partial charge in [0.15, 0.2) is 0 Å². The number of hydrogen-bond acceptors (Lipinski definition) is 6. The van der Waals surface area contributed by atoms with Crippen LogP contribution in [0.4, 0.5) is 5.95 Å². The van der Waals surface area contributed by atoms with Crippen molar-refractivity contribution in [2.24, 2.45) is 5.92 Å². The van der Waals surface area contributed by atoms with Gasteiger partial charge in [-0.1, -0.05) is 19.3 Å². The number of rotatable bonds is 4. The molecule has 7 heteroatoms. The highest BCUT2D eigenvalue weighted by Crippen LogP contribution is 2.31. The summed E-state index contributed by atoms with van der Waals surface area (Å²) >= 11 is 0. The molecular formula is C20H33N5O2. The van der Waals surface area contributed by atoms with Gasteiger partial charge in [0.1, 0.15) is 0 Å². The summed E-state index contributed by atoms with van der Waals surface area (Å²) in [6.45, 7) is 3.69. The van der Waals surface area contributed by atoms with E-state index in [0.29, 0.717) is 11.9 Å². The average molecular weight is 376 g/mol. The van der Waals surface area contributed by atoms with Crippen LogP contribution in [0.3, 0.4) is 0 Å². The highest BCUT2D eigenvalue weighted by atomic mass is 16.5. The third-order valence-corrected chi connectivity index (χ3v) is 6.65.